The molecule has 0 aliphatic rings. The number of methoxy groups -OCH3 is 1. The summed E-state index contributed by atoms with van der Waals surface area (Å²) in [5.41, 5.74) is 3.00. The van der Waals surface area contributed by atoms with E-state index < -0.39 is 6.10 Å². The van der Waals surface area contributed by atoms with Crippen molar-refractivity contribution in [3.05, 3.63) is 63.6 Å². The number of pyridine rings is 2. The summed E-state index contributed by atoms with van der Waals surface area (Å²) in [5, 5.41) is 9.55. The molecule has 0 spiro atoms. The zero-order valence-electron chi connectivity index (χ0n) is 15.4. The number of hydrogen-bond acceptors (Lipinski definition) is 5. The van der Waals surface area contributed by atoms with Crippen LogP contribution in [0.2, 0.25) is 15.2 Å². The van der Waals surface area contributed by atoms with Crippen LogP contribution in [0, 0.1) is 0 Å². The van der Waals surface area contributed by atoms with Crippen molar-refractivity contribution >= 4 is 45.7 Å². The molecule has 4 aromatic rings. The molecule has 3 aromatic heterocycles. The fraction of sp³-hybridized carbons (Fsp3) is 0.150. The maximum absolute atomic E-state index is 6.27. The summed E-state index contributed by atoms with van der Waals surface area (Å²) in [6.07, 6.45) is 4.30. The Morgan fingerprint density at radius 2 is 1.76 bits per heavy atom. The number of nitrogens with one attached hydrogen (secondary N) is 1. The van der Waals surface area contributed by atoms with Gasteiger partial charge in [-0.3, -0.25) is 10.1 Å². The molecule has 6 nitrogen and oxygen atoms in total. The number of rotatable bonds is 5. The van der Waals surface area contributed by atoms with Crippen LogP contribution in [0.25, 0.3) is 22.2 Å². The number of halogens is 3. The monoisotopic (exact) mass is 448 g/mol. The highest BCUT2D eigenvalue weighted by Crippen LogP contribution is 2.39. The molecule has 0 unspecified atom stereocenters. The molecule has 0 saturated carbocycles. The van der Waals surface area contributed by atoms with Gasteiger partial charge in [0.15, 0.2) is 11.5 Å². The van der Waals surface area contributed by atoms with Crippen molar-refractivity contribution in [2.75, 3.05) is 7.11 Å². The van der Waals surface area contributed by atoms with Gasteiger partial charge in [0, 0.05) is 41.2 Å². The summed E-state index contributed by atoms with van der Waals surface area (Å²) >= 11 is 18.4. The highest BCUT2D eigenvalue weighted by atomic mass is 35.5. The standard InChI is InChI=1S/C20H15Cl3N4O2/c1-10(19-13(21)8-24-9-14(19)22)29-17-5-12-15(6-16(17)28-2)26-27-20(12)11-3-4-18(23)25-7-11/h3-10H,1-2H3,(H,26,27)/t10-/m1/s1. The molecule has 0 saturated heterocycles. The third-order valence-electron chi connectivity index (χ3n) is 4.45. The number of aromatic amines is 1. The Morgan fingerprint density at radius 3 is 2.41 bits per heavy atom. The SMILES string of the molecule is COc1cc2[nH]nc(-c3ccc(Cl)nc3)c2cc1O[C@H](C)c1c(Cl)cncc1Cl. The van der Waals surface area contributed by atoms with Crippen molar-refractivity contribution in [3.63, 3.8) is 0 Å². The number of ether oxygens (including phenoxy) is 2. The number of hydrogen-bond donors (Lipinski definition) is 1. The predicted octanol–water partition coefficient (Wildman–Crippen LogP) is 6.13. The highest BCUT2D eigenvalue weighted by molar-refractivity contribution is 6.35. The third-order valence-corrected chi connectivity index (χ3v) is 5.27. The first-order valence-electron chi connectivity index (χ1n) is 8.61. The second kappa shape index (κ2) is 8.06. The molecule has 3 heterocycles. The Hall–Kier alpha value is -2.54. The lowest BCUT2D eigenvalue weighted by Crippen LogP contribution is -2.06. The highest BCUT2D eigenvalue weighted by Gasteiger charge is 2.20. The van der Waals surface area contributed by atoms with Crippen LogP contribution in [0.5, 0.6) is 11.5 Å². The summed E-state index contributed by atoms with van der Waals surface area (Å²) in [4.78, 5) is 8.11. The van der Waals surface area contributed by atoms with E-state index in [4.69, 9.17) is 44.3 Å². The molecule has 0 fully saturated rings. The fourth-order valence-corrected chi connectivity index (χ4v) is 3.86. The van der Waals surface area contributed by atoms with E-state index in [1.165, 1.54) is 12.4 Å². The molecule has 1 N–H and O–H groups in total. The van der Waals surface area contributed by atoms with Gasteiger partial charge in [-0.2, -0.15) is 5.10 Å². The van der Waals surface area contributed by atoms with Crippen LogP contribution in [0.4, 0.5) is 0 Å². The van der Waals surface area contributed by atoms with E-state index in [1.807, 2.05) is 25.1 Å². The van der Waals surface area contributed by atoms with Crippen LogP contribution in [-0.4, -0.2) is 27.3 Å². The second-order valence-electron chi connectivity index (χ2n) is 6.27. The van der Waals surface area contributed by atoms with E-state index >= 15 is 0 Å². The third kappa shape index (κ3) is 3.83. The van der Waals surface area contributed by atoms with Gasteiger partial charge in [-0.25, -0.2) is 4.98 Å². The Bertz CT molecular complexity index is 1160. The van der Waals surface area contributed by atoms with E-state index in [2.05, 4.69) is 20.2 Å². The van der Waals surface area contributed by atoms with Crippen molar-refractivity contribution < 1.29 is 9.47 Å². The largest absolute Gasteiger partial charge is 0.493 e. The lowest BCUT2D eigenvalue weighted by Gasteiger charge is -2.19. The molecule has 9 heteroatoms. The molecule has 0 radical (unpaired) electrons. The fourth-order valence-electron chi connectivity index (χ4n) is 3.07. The van der Waals surface area contributed by atoms with Gasteiger partial charge in [0.25, 0.3) is 0 Å². The van der Waals surface area contributed by atoms with Crippen molar-refractivity contribution in [2.45, 2.75) is 13.0 Å². The Labute approximate surface area is 181 Å². The maximum atomic E-state index is 6.27. The molecule has 4 rings (SSSR count). The van der Waals surface area contributed by atoms with Crippen molar-refractivity contribution in [3.8, 4) is 22.8 Å². The maximum Gasteiger partial charge on any atom is 0.162 e. The number of benzene rings is 1. The van der Waals surface area contributed by atoms with Gasteiger partial charge >= 0.3 is 0 Å². The molecule has 29 heavy (non-hydrogen) atoms. The van der Waals surface area contributed by atoms with Gasteiger partial charge in [-0.05, 0) is 25.1 Å². The molecule has 0 bridgehead atoms. The van der Waals surface area contributed by atoms with Crippen LogP contribution in [-0.2, 0) is 0 Å². The first kappa shape index (κ1) is 19.8. The summed E-state index contributed by atoms with van der Waals surface area (Å²) in [7, 11) is 1.57. The van der Waals surface area contributed by atoms with Gasteiger partial charge in [-0.15, -0.1) is 0 Å². The van der Waals surface area contributed by atoms with Crippen molar-refractivity contribution in [1.82, 2.24) is 20.2 Å². The van der Waals surface area contributed by atoms with Gasteiger partial charge in [0.2, 0.25) is 0 Å². The Morgan fingerprint density at radius 1 is 1.00 bits per heavy atom. The minimum Gasteiger partial charge on any atom is -0.493 e. The van der Waals surface area contributed by atoms with Crippen LogP contribution >= 0.6 is 34.8 Å². The topological polar surface area (TPSA) is 72.9 Å². The van der Waals surface area contributed by atoms with Gasteiger partial charge in [0.1, 0.15) is 17.0 Å². The molecular formula is C20H15Cl3N4O2. The van der Waals surface area contributed by atoms with Crippen LogP contribution < -0.4 is 9.47 Å². The molecule has 148 valence electrons. The summed E-state index contributed by atoms with van der Waals surface area (Å²) in [6.45, 7) is 1.86. The normalized spacial score (nSPS) is 12.2. The molecule has 0 aliphatic heterocycles. The van der Waals surface area contributed by atoms with Crippen molar-refractivity contribution in [2.24, 2.45) is 0 Å². The molecule has 0 aliphatic carbocycles. The zero-order valence-corrected chi connectivity index (χ0v) is 17.7. The molecule has 0 amide bonds. The smallest absolute Gasteiger partial charge is 0.162 e. The van der Waals surface area contributed by atoms with E-state index in [0.29, 0.717) is 32.3 Å². The molecule has 1 aromatic carbocycles. The lowest BCUT2D eigenvalue weighted by molar-refractivity contribution is 0.216. The average molecular weight is 450 g/mol. The first-order chi connectivity index (χ1) is 14.0. The van der Waals surface area contributed by atoms with E-state index in [0.717, 1.165) is 22.2 Å². The zero-order chi connectivity index (χ0) is 20.5. The number of nitrogens with zero attached hydrogens (tertiary/aromatic N) is 3. The molecular weight excluding hydrogens is 435 g/mol. The number of H-pyrrole nitrogens is 1. The van der Waals surface area contributed by atoms with E-state index in [1.54, 1.807) is 19.4 Å². The van der Waals surface area contributed by atoms with Gasteiger partial charge in [-0.1, -0.05) is 34.8 Å². The predicted molar refractivity (Wildman–Crippen MR) is 114 cm³/mol. The van der Waals surface area contributed by atoms with Crippen LogP contribution in [0.15, 0.2) is 42.9 Å². The lowest BCUT2D eigenvalue weighted by atomic mass is 10.1. The van der Waals surface area contributed by atoms with Crippen molar-refractivity contribution in [1.29, 1.82) is 0 Å². The molecule has 1 atom stereocenters. The van der Waals surface area contributed by atoms with Crippen LogP contribution in [0.3, 0.4) is 0 Å². The van der Waals surface area contributed by atoms with Gasteiger partial charge in [0.05, 0.1) is 22.7 Å². The minimum atomic E-state index is -0.433. The Balaban J connectivity index is 1.77. The number of aromatic nitrogens is 4. The Kier molecular flexibility index (Phi) is 5.50. The summed E-state index contributed by atoms with van der Waals surface area (Å²) < 4.78 is 11.7. The number of fused-ring (bicyclic) bond motifs is 1. The van der Waals surface area contributed by atoms with Crippen LogP contribution in [0.1, 0.15) is 18.6 Å². The summed E-state index contributed by atoms with van der Waals surface area (Å²) in [6, 6.07) is 7.26. The van der Waals surface area contributed by atoms with Gasteiger partial charge < -0.3 is 9.47 Å². The average Bonchev–Trinajstić information content (AvgIpc) is 3.10. The second-order valence-corrected chi connectivity index (χ2v) is 7.47. The minimum absolute atomic E-state index is 0.416. The summed E-state index contributed by atoms with van der Waals surface area (Å²) in [5.74, 6) is 1.08. The van der Waals surface area contributed by atoms with E-state index in [-0.39, 0.29) is 0 Å². The van der Waals surface area contributed by atoms with E-state index in [9.17, 15) is 0 Å². The quantitative estimate of drug-likeness (QED) is 0.371. The first-order valence-corrected chi connectivity index (χ1v) is 9.75.